The molecule has 3 rings (SSSR count). The molecule has 1 aliphatic rings. The number of hydrogen-bond donors (Lipinski definition) is 1. The van der Waals surface area contributed by atoms with Crippen molar-refractivity contribution in [2.75, 3.05) is 18.0 Å². The number of nitriles is 1. The van der Waals surface area contributed by atoms with Crippen LogP contribution in [0.15, 0.2) is 53.0 Å². The Labute approximate surface area is 175 Å². The standard InChI is InChI=1S/C23H26BrN3O/c1-2-19(14-18-4-3-5-20(24)15-18)23(28)26-21-10-12-27(13-11-21)22-8-6-17(16-25)7-9-22/h3-9,15,19,21H,2,10-14H2,1H3,(H,26,28). The second kappa shape index (κ2) is 9.75. The Hall–Kier alpha value is -2.32. The molecule has 0 aromatic heterocycles. The molecule has 146 valence electrons. The molecule has 0 saturated carbocycles. The molecular weight excluding hydrogens is 414 g/mol. The summed E-state index contributed by atoms with van der Waals surface area (Å²) in [6, 6.07) is 18.3. The second-order valence-electron chi connectivity index (χ2n) is 7.37. The van der Waals surface area contributed by atoms with Gasteiger partial charge >= 0.3 is 0 Å². The molecule has 0 spiro atoms. The van der Waals surface area contributed by atoms with Crippen LogP contribution in [-0.2, 0) is 11.2 Å². The number of hydrogen-bond acceptors (Lipinski definition) is 3. The molecule has 1 unspecified atom stereocenters. The zero-order valence-electron chi connectivity index (χ0n) is 16.2. The SMILES string of the molecule is CCC(Cc1cccc(Br)c1)C(=O)NC1CCN(c2ccc(C#N)cc2)CC1. The molecule has 1 heterocycles. The van der Waals surface area contributed by atoms with Gasteiger partial charge < -0.3 is 10.2 Å². The Bertz CT molecular complexity index is 836. The number of carbonyl (C=O) groups excluding carboxylic acids is 1. The fraction of sp³-hybridized carbons (Fsp3) is 0.391. The van der Waals surface area contributed by atoms with Gasteiger partial charge in [0.2, 0.25) is 5.91 Å². The number of nitrogens with one attached hydrogen (secondary N) is 1. The molecule has 5 heteroatoms. The molecular formula is C23H26BrN3O. The largest absolute Gasteiger partial charge is 0.371 e. The van der Waals surface area contributed by atoms with E-state index in [-0.39, 0.29) is 17.9 Å². The fourth-order valence-electron chi connectivity index (χ4n) is 3.72. The molecule has 4 nitrogen and oxygen atoms in total. The Morgan fingerprint density at radius 1 is 1.25 bits per heavy atom. The van der Waals surface area contributed by atoms with Gasteiger partial charge in [-0.05, 0) is 67.6 Å². The average Bonchev–Trinajstić information content (AvgIpc) is 2.72. The van der Waals surface area contributed by atoms with Crippen LogP contribution in [0, 0.1) is 17.2 Å². The average molecular weight is 440 g/mol. The first kappa shape index (κ1) is 20.4. The highest BCUT2D eigenvalue weighted by molar-refractivity contribution is 9.10. The van der Waals surface area contributed by atoms with Crippen LogP contribution in [0.25, 0.3) is 0 Å². The smallest absolute Gasteiger partial charge is 0.223 e. The monoisotopic (exact) mass is 439 g/mol. The zero-order chi connectivity index (χ0) is 19.9. The summed E-state index contributed by atoms with van der Waals surface area (Å²) in [6.07, 6.45) is 3.49. The lowest BCUT2D eigenvalue weighted by atomic mass is 9.95. The summed E-state index contributed by atoms with van der Waals surface area (Å²) >= 11 is 3.50. The van der Waals surface area contributed by atoms with Crippen molar-refractivity contribution in [3.8, 4) is 6.07 Å². The van der Waals surface area contributed by atoms with Crippen molar-refractivity contribution in [2.45, 2.75) is 38.6 Å². The predicted octanol–water partition coefficient (Wildman–Crippen LogP) is 4.67. The molecule has 0 radical (unpaired) electrons. The lowest BCUT2D eigenvalue weighted by Crippen LogP contribution is -2.46. The van der Waals surface area contributed by atoms with Crippen LogP contribution < -0.4 is 10.2 Å². The highest BCUT2D eigenvalue weighted by Crippen LogP contribution is 2.22. The summed E-state index contributed by atoms with van der Waals surface area (Å²) < 4.78 is 1.05. The zero-order valence-corrected chi connectivity index (χ0v) is 17.8. The van der Waals surface area contributed by atoms with E-state index >= 15 is 0 Å². The van der Waals surface area contributed by atoms with Crippen molar-refractivity contribution in [3.63, 3.8) is 0 Å². The molecule has 1 atom stereocenters. The van der Waals surface area contributed by atoms with Gasteiger partial charge in [-0.15, -0.1) is 0 Å². The molecule has 2 aromatic carbocycles. The number of amides is 1. The fourth-order valence-corrected chi connectivity index (χ4v) is 4.17. The van der Waals surface area contributed by atoms with Crippen LogP contribution in [0.5, 0.6) is 0 Å². The molecule has 2 aromatic rings. The molecule has 1 saturated heterocycles. The van der Waals surface area contributed by atoms with E-state index in [1.807, 2.05) is 36.4 Å². The number of carbonyl (C=O) groups is 1. The Balaban J connectivity index is 1.51. The topological polar surface area (TPSA) is 56.1 Å². The minimum absolute atomic E-state index is 0.00542. The van der Waals surface area contributed by atoms with E-state index in [1.165, 1.54) is 5.56 Å². The molecule has 1 fully saturated rings. The number of piperidine rings is 1. The van der Waals surface area contributed by atoms with Crippen LogP contribution in [0.3, 0.4) is 0 Å². The van der Waals surface area contributed by atoms with Gasteiger partial charge in [-0.2, -0.15) is 5.26 Å². The van der Waals surface area contributed by atoms with E-state index < -0.39 is 0 Å². The van der Waals surface area contributed by atoms with Crippen LogP contribution >= 0.6 is 15.9 Å². The molecule has 1 amide bonds. The summed E-state index contributed by atoms with van der Waals surface area (Å²) in [5.41, 5.74) is 3.01. The van der Waals surface area contributed by atoms with Crippen molar-refractivity contribution in [1.29, 1.82) is 5.26 Å². The van der Waals surface area contributed by atoms with Gasteiger partial charge in [0.15, 0.2) is 0 Å². The molecule has 0 aliphatic carbocycles. The predicted molar refractivity (Wildman–Crippen MR) is 116 cm³/mol. The van der Waals surface area contributed by atoms with Gasteiger partial charge in [-0.1, -0.05) is 35.0 Å². The van der Waals surface area contributed by atoms with Crippen LogP contribution in [0.4, 0.5) is 5.69 Å². The van der Waals surface area contributed by atoms with E-state index in [9.17, 15) is 4.79 Å². The number of nitrogens with zero attached hydrogens (tertiary/aromatic N) is 2. The van der Waals surface area contributed by atoms with Gasteiger partial charge in [0.05, 0.1) is 11.6 Å². The van der Waals surface area contributed by atoms with Gasteiger partial charge in [0.25, 0.3) is 0 Å². The van der Waals surface area contributed by atoms with Crippen molar-refractivity contribution in [1.82, 2.24) is 5.32 Å². The lowest BCUT2D eigenvalue weighted by molar-refractivity contribution is -0.125. The summed E-state index contributed by atoms with van der Waals surface area (Å²) in [5.74, 6) is 0.171. The van der Waals surface area contributed by atoms with Crippen molar-refractivity contribution >= 4 is 27.5 Å². The lowest BCUT2D eigenvalue weighted by Gasteiger charge is -2.34. The van der Waals surface area contributed by atoms with Gasteiger partial charge in [-0.3, -0.25) is 4.79 Å². The highest BCUT2D eigenvalue weighted by atomic mass is 79.9. The minimum atomic E-state index is 0.00542. The third-order valence-corrected chi connectivity index (χ3v) is 5.93. The van der Waals surface area contributed by atoms with Gasteiger partial charge in [0.1, 0.15) is 0 Å². The van der Waals surface area contributed by atoms with E-state index in [1.54, 1.807) is 0 Å². The molecule has 0 bridgehead atoms. The van der Waals surface area contributed by atoms with Crippen LogP contribution in [0.2, 0.25) is 0 Å². The summed E-state index contributed by atoms with van der Waals surface area (Å²) in [5, 5.41) is 12.2. The molecule has 1 N–H and O–H groups in total. The van der Waals surface area contributed by atoms with E-state index in [0.717, 1.165) is 48.9 Å². The van der Waals surface area contributed by atoms with E-state index in [2.05, 4.69) is 51.3 Å². The van der Waals surface area contributed by atoms with E-state index in [4.69, 9.17) is 5.26 Å². The summed E-state index contributed by atoms with van der Waals surface area (Å²) in [6.45, 7) is 3.91. The van der Waals surface area contributed by atoms with Crippen LogP contribution in [0.1, 0.15) is 37.3 Å². The van der Waals surface area contributed by atoms with Gasteiger partial charge in [-0.25, -0.2) is 0 Å². The number of benzene rings is 2. The first-order chi connectivity index (χ1) is 13.6. The normalized spacial score (nSPS) is 15.7. The second-order valence-corrected chi connectivity index (χ2v) is 8.28. The van der Waals surface area contributed by atoms with Crippen molar-refractivity contribution in [2.24, 2.45) is 5.92 Å². The maximum atomic E-state index is 12.8. The minimum Gasteiger partial charge on any atom is -0.371 e. The quantitative estimate of drug-likeness (QED) is 0.710. The maximum Gasteiger partial charge on any atom is 0.223 e. The first-order valence-electron chi connectivity index (χ1n) is 9.89. The Morgan fingerprint density at radius 3 is 2.57 bits per heavy atom. The van der Waals surface area contributed by atoms with E-state index in [0.29, 0.717) is 5.56 Å². The van der Waals surface area contributed by atoms with Gasteiger partial charge in [0, 0.05) is 35.2 Å². The third-order valence-electron chi connectivity index (χ3n) is 5.44. The number of anilines is 1. The van der Waals surface area contributed by atoms with Crippen molar-refractivity contribution < 1.29 is 4.79 Å². The third kappa shape index (κ3) is 5.36. The molecule has 1 aliphatic heterocycles. The summed E-state index contributed by atoms with van der Waals surface area (Å²) in [4.78, 5) is 15.1. The Morgan fingerprint density at radius 2 is 1.96 bits per heavy atom. The molecule has 28 heavy (non-hydrogen) atoms. The van der Waals surface area contributed by atoms with Crippen LogP contribution in [-0.4, -0.2) is 25.0 Å². The maximum absolute atomic E-state index is 12.8. The number of rotatable bonds is 6. The summed E-state index contributed by atoms with van der Waals surface area (Å²) in [7, 11) is 0. The highest BCUT2D eigenvalue weighted by Gasteiger charge is 2.24. The van der Waals surface area contributed by atoms with Crippen molar-refractivity contribution in [3.05, 3.63) is 64.1 Å². The Kier molecular flexibility index (Phi) is 7.11. The first-order valence-corrected chi connectivity index (χ1v) is 10.7. The number of halogens is 1.